The van der Waals surface area contributed by atoms with Gasteiger partial charge in [0.05, 0.1) is 5.69 Å². The van der Waals surface area contributed by atoms with Crippen molar-refractivity contribution in [2.24, 2.45) is 0 Å². The van der Waals surface area contributed by atoms with Crippen LogP contribution in [0.4, 0.5) is 0 Å². The molecule has 134 valence electrons. The van der Waals surface area contributed by atoms with Crippen LogP contribution in [0.3, 0.4) is 0 Å². The van der Waals surface area contributed by atoms with E-state index >= 15 is 0 Å². The summed E-state index contributed by atoms with van der Waals surface area (Å²) in [7, 11) is 0. The Kier molecular flexibility index (Phi) is 4.56. The normalized spacial score (nSPS) is 10.9. The molecule has 7 heteroatoms. The Hall–Kier alpha value is -3.25. The third kappa shape index (κ3) is 3.80. The highest BCUT2D eigenvalue weighted by Crippen LogP contribution is 2.20. The zero-order valence-electron chi connectivity index (χ0n) is 14.5. The molecule has 0 N–H and O–H groups in total. The average molecular weight is 379 g/mol. The van der Waals surface area contributed by atoms with Crippen molar-refractivity contribution in [2.75, 3.05) is 0 Å². The topological polar surface area (TPSA) is 73.8 Å². The lowest BCUT2D eigenvalue weighted by atomic mass is 10.1. The third-order valence-electron chi connectivity index (χ3n) is 4.05. The highest BCUT2D eigenvalue weighted by molar-refractivity contribution is 6.30. The Morgan fingerprint density at radius 1 is 1.04 bits per heavy atom. The highest BCUT2D eigenvalue weighted by Gasteiger charge is 2.12. The quantitative estimate of drug-likeness (QED) is 0.537. The molecule has 4 aromatic rings. The van der Waals surface area contributed by atoms with Gasteiger partial charge >= 0.3 is 0 Å². The molecule has 0 saturated carbocycles. The average Bonchev–Trinajstić information content (AvgIpc) is 3.13. The molecule has 6 nitrogen and oxygen atoms in total. The van der Waals surface area contributed by atoms with Crippen molar-refractivity contribution in [3.63, 3.8) is 0 Å². The first-order chi connectivity index (χ1) is 13.1. The van der Waals surface area contributed by atoms with E-state index in [4.69, 9.17) is 16.1 Å². The van der Waals surface area contributed by atoms with Crippen LogP contribution in [0.15, 0.2) is 70.0 Å². The van der Waals surface area contributed by atoms with Gasteiger partial charge in [-0.1, -0.05) is 58.7 Å². The van der Waals surface area contributed by atoms with Crippen LogP contribution in [-0.4, -0.2) is 19.9 Å². The predicted octanol–water partition coefficient (Wildman–Crippen LogP) is 3.97. The van der Waals surface area contributed by atoms with Gasteiger partial charge in [0.15, 0.2) is 0 Å². The number of rotatable bonds is 4. The van der Waals surface area contributed by atoms with Crippen LogP contribution in [0.1, 0.15) is 11.5 Å². The summed E-state index contributed by atoms with van der Waals surface area (Å²) in [5.74, 6) is 0.705. The largest absolute Gasteiger partial charge is 0.337 e. The van der Waals surface area contributed by atoms with Crippen molar-refractivity contribution in [1.82, 2.24) is 19.9 Å². The standard InChI is InChI=1S/C20H15ClN4O2/c1-13-5-7-14(8-6-13)17-9-10-19(26)25(23-17)12-18-22-20(24-27-18)15-3-2-4-16(21)11-15/h2-11H,12H2,1H3. The van der Waals surface area contributed by atoms with E-state index in [2.05, 4.69) is 15.2 Å². The lowest BCUT2D eigenvalue weighted by molar-refractivity contribution is 0.363. The molecule has 0 saturated heterocycles. The van der Waals surface area contributed by atoms with E-state index in [0.29, 0.717) is 22.4 Å². The predicted molar refractivity (Wildman–Crippen MR) is 103 cm³/mol. The molecule has 0 fully saturated rings. The zero-order valence-corrected chi connectivity index (χ0v) is 15.2. The molecule has 4 rings (SSSR count). The first-order valence-electron chi connectivity index (χ1n) is 8.32. The van der Waals surface area contributed by atoms with Crippen LogP contribution in [-0.2, 0) is 6.54 Å². The molecule has 0 spiro atoms. The monoisotopic (exact) mass is 378 g/mol. The Bertz CT molecular complexity index is 1150. The number of halogens is 1. The van der Waals surface area contributed by atoms with Crippen LogP contribution in [0.2, 0.25) is 5.02 Å². The van der Waals surface area contributed by atoms with Crippen molar-refractivity contribution in [3.8, 4) is 22.6 Å². The first kappa shape index (κ1) is 17.2. The van der Waals surface area contributed by atoms with Gasteiger partial charge in [0, 0.05) is 22.2 Å². The van der Waals surface area contributed by atoms with Gasteiger partial charge in [0.1, 0.15) is 6.54 Å². The molecular weight excluding hydrogens is 364 g/mol. The molecule has 0 aliphatic carbocycles. The summed E-state index contributed by atoms with van der Waals surface area (Å²) in [6.07, 6.45) is 0. The number of hydrogen-bond donors (Lipinski definition) is 0. The van der Waals surface area contributed by atoms with Gasteiger partial charge in [0.25, 0.3) is 5.56 Å². The van der Waals surface area contributed by atoms with Crippen molar-refractivity contribution in [2.45, 2.75) is 13.5 Å². The molecule has 0 aliphatic heterocycles. The number of nitrogens with zero attached hydrogens (tertiary/aromatic N) is 4. The summed E-state index contributed by atoms with van der Waals surface area (Å²) < 4.78 is 6.59. The molecule has 0 atom stereocenters. The van der Waals surface area contributed by atoms with E-state index in [1.165, 1.54) is 10.7 Å². The molecule has 0 radical (unpaired) electrons. The fourth-order valence-electron chi connectivity index (χ4n) is 2.63. The van der Waals surface area contributed by atoms with E-state index in [0.717, 1.165) is 16.7 Å². The van der Waals surface area contributed by atoms with Crippen LogP contribution in [0.5, 0.6) is 0 Å². The van der Waals surface area contributed by atoms with E-state index in [1.807, 2.05) is 43.3 Å². The summed E-state index contributed by atoms with van der Waals surface area (Å²) in [6, 6.07) is 18.3. The molecule has 0 bridgehead atoms. The SMILES string of the molecule is Cc1ccc(-c2ccc(=O)n(Cc3nc(-c4cccc(Cl)c4)no3)n2)cc1. The lowest BCUT2D eigenvalue weighted by Gasteiger charge is -2.05. The second-order valence-corrected chi connectivity index (χ2v) is 6.54. The summed E-state index contributed by atoms with van der Waals surface area (Å²) in [5, 5.41) is 8.96. The van der Waals surface area contributed by atoms with Gasteiger partial charge in [-0.3, -0.25) is 4.79 Å². The van der Waals surface area contributed by atoms with Gasteiger partial charge in [0.2, 0.25) is 11.7 Å². The fraction of sp³-hybridized carbons (Fsp3) is 0.100. The number of aryl methyl sites for hydroxylation is 1. The fourth-order valence-corrected chi connectivity index (χ4v) is 2.82. The Morgan fingerprint density at radius 3 is 2.63 bits per heavy atom. The first-order valence-corrected chi connectivity index (χ1v) is 8.70. The maximum Gasteiger partial charge on any atom is 0.267 e. The summed E-state index contributed by atoms with van der Waals surface area (Å²) in [5.41, 5.74) is 3.29. The van der Waals surface area contributed by atoms with Crippen LogP contribution in [0, 0.1) is 6.92 Å². The van der Waals surface area contributed by atoms with E-state index in [-0.39, 0.29) is 12.1 Å². The highest BCUT2D eigenvalue weighted by atomic mass is 35.5. The minimum absolute atomic E-state index is 0.0894. The summed E-state index contributed by atoms with van der Waals surface area (Å²) >= 11 is 6.00. The Labute approximate surface area is 160 Å². The maximum absolute atomic E-state index is 12.2. The molecule has 2 aromatic carbocycles. The van der Waals surface area contributed by atoms with Gasteiger partial charge in [-0.05, 0) is 25.1 Å². The second kappa shape index (κ2) is 7.17. The summed E-state index contributed by atoms with van der Waals surface area (Å²) in [4.78, 5) is 16.5. The van der Waals surface area contributed by atoms with E-state index in [9.17, 15) is 4.79 Å². The van der Waals surface area contributed by atoms with Crippen LogP contribution >= 0.6 is 11.6 Å². The van der Waals surface area contributed by atoms with Crippen molar-refractivity contribution < 1.29 is 4.52 Å². The van der Waals surface area contributed by atoms with Crippen LogP contribution in [0.25, 0.3) is 22.6 Å². The minimum atomic E-state index is -0.242. The maximum atomic E-state index is 12.2. The Balaban J connectivity index is 1.62. The van der Waals surface area contributed by atoms with Gasteiger partial charge in [-0.2, -0.15) is 10.1 Å². The van der Waals surface area contributed by atoms with Crippen molar-refractivity contribution >= 4 is 11.6 Å². The second-order valence-electron chi connectivity index (χ2n) is 6.10. The zero-order chi connectivity index (χ0) is 18.8. The van der Waals surface area contributed by atoms with E-state index < -0.39 is 0 Å². The smallest absolute Gasteiger partial charge is 0.267 e. The molecular formula is C20H15ClN4O2. The number of aromatic nitrogens is 4. The summed E-state index contributed by atoms with van der Waals surface area (Å²) in [6.45, 7) is 2.11. The molecule has 27 heavy (non-hydrogen) atoms. The molecule has 2 aromatic heterocycles. The molecule has 0 amide bonds. The van der Waals surface area contributed by atoms with Gasteiger partial charge in [-0.15, -0.1) is 0 Å². The number of hydrogen-bond acceptors (Lipinski definition) is 5. The molecule has 2 heterocycles. The Morgan fingerprint density at radius 2 is 1.85 bits per heavy atom. The molecule has 0 aliphatic rings. The minimum Gasteiger partial charge on any atom is -0.337 e. The van der Waals surface area contributed by atoms with E-state index in [1.54, 1.807) is 18.2 Å². The number of benzene rings is 2. The van der Waals surface area contributed by atoms with Gasteiger partial charge in [-0.25, -0.2) is 4.68 Å². The van der Waals surface area contributed by atoms with Crippen molar-refractivity contribution in [3.05, 3.63) is 87.5 Å². The van der Waals surface area contributed by atoms with Crippen LogP contribution < -0.4 is 5.56 Å². The molecule has 0 unspecified atom stereocenters. The van der Waals surface area contributed by atoms with Gasteiger partial charge < -0.3 is 4.52 Å². The van der Waals surface area contributed by atoms with Crippen molar-refractivity contribution in [1.29, 1.82) is 0 Å². The lowest BCUT2D eigenvalue weighted by Crippen LogP contribution is -2.23. The third-order valence-corrected chi connectivity index (χ3v) is 4.28.